The van der Waals surface area contributed by atoms with Gasteiger partial charge in [-0.25, -0.2) is 0 Å². The normalized spacial score (nSPS) is 53.2. The molecule has 19 N–H and O–H groups in total. The molecule has 38 atom stereocenters. The van der Waals surface area contributed by atoms with Crippen LogP contribution in [0.1, 0.15) is 113 Å². The largest absolute Gasteiger partial charge is 0.394 e. The lowest BCUT2D eigenvalue weighted by Gasteiger charge is -2.71. The van der Waals surface area contributed by atoms with Crippen LogP contribution in [-0.4, -0.2) is 327 Å². The lowest BCUT2D eigenvalue weighted by Crippen LogP contribution is -2.68. The van der Waals surface area contributed by atoms with Crippen LogP contribution in [0, 0.1) is 45.3 Å². The fraction of sp³-hybridized carbons (Fsp3) is 0.969. The summed E-state index contributed by atoms with van der Waals surface area (Å²) in [7, 11) is 0. The van der Waals surface area contributed by atoms with Crippen molar-refractivity contribution in [1.82, 2.24) is 0 Å². The molecule has 6 saturated heterocycles. The van der Waals surface area contributed by atoms with E-state index in [1.807, 2.05) is 20.8 Å². The van der Waals surface area contributed by atoms with Crippen molar-refractivity contribution in [3.8, 4) is 0 Å². The molecule has 10 aliphatic rings. The minimum absolute atomic E-state index is 0.0447. The highest BCUT2D eigenvalue weighted by Gasteiger charge is 2.72. The third-order valence-corrected chi connectivity index (χ3v) is 24.3. The fourth-order valence-electron chi connectivity index (χ4n) is 18.6. The molecule has 550 valence electrons. The maximum absolute atomic E-state index is 13.0. The van der Waals surface area contributed by atoms with Crippen molar-refractivity contribution in [3.63, 3.8) is 0 Å². The van der Waals surface area contributed by atoms with Crippen LogP contribution in [0.4, 0.5) is 0 Å². The summed E-state index contributed by atoms with van der Waals surface area (Å²) in [5.74, 6) is -0.809. The van der Waals surface area contributed by atoms with E-state index >= 15 is 0 Å². The number of fused-ring (bicyclic) bond motifs is 5. The van der Waals surface area contributed by atoms with Crippen molar-refractivity contribution < 1.29 is 154 Å². The molecule has 0 spiro atoms. The average molecular weight is 1370 g/mol. The summed E-state index contributed by atoms with van der Waals surface area (Å²) in [6, 6.07) is 0. The molecule has 6 aliphatic heterocycles. The first-order valence-corrected chi connectivity index (χ1v) is 33.7. The zero-order chi connectivity index (χ0) is 69.5. The summed E-state index contributed by atoms with van der Waals surface area (Å²) in [4.78, 5) is 0. The van der Waals surface area contributed by atoms with Crippen LogP contribution >= 0.6 is 0 Å². The Balaban J connectivity index is 0.851. The van der Waals surface area contributed by atoms with Crippen molar-refractivity contribution >= 4 is 0 Å². The molecule has 0 aromatic heterocycles. The molecular formula is C64H108O31. The van der Waals surface area contributed by atoms with Gasteiger partial charge in [0.2, 0.25) is 0 Å². The van der Waals surface area contributed by atoms with Crippen LogP contribution < -0.4 is 0 Å². The third kappa shape index (κ3) is 14.0. The summed E-state index contributed by atoms with van der Waals surface area (Å²) < 4.78 is 72.7. The topological polar surface area (TPSA) is 495 Å². The van der Waals surface area contributed by atoms with E-state index in [2.05, 4.69) is 40.7 Å². The van der Waals surface area contributed by atoms with Crippen molar-refractivity contribution in [1.29, 1.82) is 0 Å². The zero-order valence-electron chi connectivity index (χ0n) is 55.2. The maximum Gasteiger partial charge on any atom is 0.187 e. The summed E-state index contributed by atoms with van der Waals surface area (Å²) >= 11 is 0. The molecular weight excluding hydrogens is 1260 g/mol. The molecule has 0 aromatic rings. The van der Waals surface area contributed by atoms with Gasteiger partial charge in [0.1, 0.15) is 134 Å². The van der Waals surface area contributed by atoms with Gasteiger partial charge in [-0.15, -0.1) is 0 Å². The maximum atomic E-state index is 13.0. The van der Waals surface area contributed by atoms with Crippen molar-refractivity contribution in [3.05, 3.63) is 11.6 Å². The van der Waals surface area contributed by atoms with Crippen LogP contribution in [0.5, 0.6) is 0 Å². The smallest absolute Gasteiger partial charge is 0.187 e. The van der Waals surface area contributed by atoms with Gasteiger partial charge in [-0.1, -0.05) is 46.3 Å². The Morgan fingerprint density at radius 1 is 0.463 bits per heavy atom. The zero-order valence-corrected chi connectivity index (χ0v) is 55.2. The Kier molecular flexibility index (Phi) is 23.8. The molecule has 0 amide bonds. The lowest BCUT2D eigenvalue weighted by molar-refractivity contribution is -0.395. The van der Waals surface area contributed by atoms with Crippen LogP contribution in [0.2, 0.25) is 0 Å². The highest BCUT2D eigenvalue weighted by atomic mass is 16.8. The summed E-state index contributed by atoms with van der Waals surface area (Å²) in [6.45, 7) is 13.0. The first kappa shape index (κ1) is 76.1. The number of ether oxygens (including phenoxy) is 12. The standard InChI is InChI=1S/C64H108O31/c1-25(2)10-9-14-64(8,95-57-49(82)44(77)42(75)33(90-57)24-86-56-50(83)51(43(76)32(21-67)87-56)92-54-47(80)38(71)28(69)22-84-54)26-11-16-63(7)37(26)27(68)18-35-61(5)15-13-36(60(3,4)34(61)12-17-62(35,63)6)91-58-52(45(78)40(73)30(19-65)88-58)94-59-53(46(79)41(74)31(20-66)89-59)93-55-48(81)39(72)29(70)23-85-55/h10,26-59,65-83H,9,11-24H2,1-8H3/t26-,27+,28+,29+,30+,31+,32+,33+,34?,35+,36-,37-,38-,39-,40+,41+,42+,43+,44-,45-,46-,47+,48+,49+,50+,51-,52+,53+,54-,55-,56+,57-,58-,59-,61-,62+,63+,64-/m0/s1. The van der Waals surface area contributed by atoms with Crippen LogP contribution in [0.3, 0.4) is 0 Å². The number of hydrogen-bond acceptors (Lipinski definition) is 31. The molecule has 0 radical (unpaired) electrons. The van der Waals surface area contributed by atoms with Gasteiger partial charge < -0.3 is 154 Å². The molecule has 10 rings (SSSR count). The first-order valence-electron chi connectivity index (χ1n) is 33.7. The number of aliphatic hydroxyl groups excluding tert-OH is 19. The Hall–Kier alpha value is -1.50. The summed E-state index contributed by atoms with van der Waals surface area (Å²) in [5.41, 5.74) is -2.09. The Labute approximate surface area is 551 Å². The number of aliphatic hydroxyl groups is 19. The van der Waals surface area contributed by atoms with Gasteiger partial charge in [0.05, 0.1) is 57.5 Å². The second-order valence-corrected chi connectivity index (χ2v) is 30.5. The minimum atomic E-state index is -1.90. The molecule has 4 aliphatic carbocycles. The fourth-order valence-corrected chi connectivity index (χ4v) is 18.6. The molecule has 4 saturated carbocycles. The SMILES string of the molecule is CC(C)=CCC[C@](C)(O[C@@H]1O[C@H](CO[C@@H]2O[C@H](CO)[C@@H](O)[C@H](O[C@@H]3OC[C@@H](O)[C@H](O)[C@H]3O)[C@H]2O)[C@@H](O)[C@H](O)[C@H]1O)[C@H]1CC[C@]2(C)[C@@H]1[C@H](O)C[C@@H]1[C@@]3(C)CC[C@H](O[C@@H]4O[C@H](CO)[C@@H](O)[C@H](O)[C@H]4O[C@@H]4O[C@H](CO)[C@@H](O)[C@H](O)[C@H]4O[C@@H]4OC[C@@H](O)[C@H](O)[C@H]4O)C(C)(C)C3CC[C@]12C. The van der Waals surface area contributed by atoms with Gasteiger partial charge in [-0.05, 0) is 124 Å². The summed E-state index contributed by atoms with van der Waals surface area (Å²) in [5, 5.41) is 208. The monoisotopic (exact) mass is 1370 g/mol. The average Bonchev–Trinajstić information content (AvgIpc) is 1.67. The molecule has 31 heteroatoms. The minimum Gasteiger partial charge on any atom is -0.394 e. The molecule has 0 bridgehead atoms. The van der Waals surface area contributed by atoms with Gasteiger partial charge >= 0.3 is 0 Å². The molecule has 10 fully saturated rings. The highest BCUT2D eigenvalue weighted by Crippen LogP contribution is 2.76. The predicted octanol–water partition coefficient (Wildman–Crippen LogP) is -5.28. The quantitative estimate of drug-likeness (QED) is 0.0400. The third-order valence-electron chi connectivity index (χ3n) is 24.3. The Morgan fingerprint density at radius 2 is 0.947 bits per heavy atom. The number of rotatable bonds is 20. The molecule has 1 unspecified atom stereocenters. The first-order chi connectivity index (χ1) is 44.6. The number of hydrogen-bond donors (Lipinski definition) is 19. The van der Waals surface area contributed by atoms with Crippen LogP contribution in [-0.2, 0) is 56.8 Å². The highest BCUT2D eigenvalue weighted by molar-refractivity contribution is 5.21. The predicted molar refractivity (Wildman–Crippen MR) is 319 cm³/mol. The Bertz CT molecular complexity index is 2540. The van der Waals surface area contributed by atoms with E-state index in [0.717, 1.165) is 18.4 Å². The van der Waals surface area contributed by atoms with E-state index in [1.54, 1.807) is 0 Å². The molecule has 95 heavy (non-hydrogen) atoms. The Morgan fingerprint density at radius 3 is 1.51 bits per heavy atom. The van der Waals surface area contributed by atoms with E-state index in [1.165, 1.54) is 0 Å². The van der Waals surface area contributed by atoms with Crippen molar-refractivity contribution in [2.75, 3.05) is 39.6 Å². The van der Waals surface area contributed by atoms with Crippen LogP contribution in [0.15, 0.2) is 11.6 Å². The molecule has 31 nitrogen and oxygen atoms in total. The van der Waals surface area contributed by atoms with Crippen molar-refractivity contribution in [2.24, 2.45) is 45.3 Å². The van der Waals surface area contributed by atoms with Gasteiger partial charge in [-0.3, -0.25) is 0 Å². The van der Waals surface area contributed by atoms with Gasteiger partial charge in [0, 0.05) is 0 Å². The van der Waals surface area contributed by atoms with E-state index in [9.17, 15) is 97.0 Å². The molecule has 0 aromatic carbocycles. The van der Waals surface area contributed by atoms with Gasteiger partial charge in [-0.2, -0.15) is 0 Å². The van der Waals surface area contributed by atoms with Gasteiger partial charge in [0.25, 0.3) is 0 Å². The van der Waals surface area contributed by atoms with Crippen LogP contribution in [0.25, 0.3) is 0 Å². The number of allylic oxidation sites excluding steroid dienone is 2. The van der Waals surface area contributed by atoms with E-state index in [0.29, 0.717) is 44.9 Å². The van der Waals surface area contributed by atoms with E-state index < -0.39 is 246 Å². The second-order valence-electron chi connectivity index (χ2n) is 30.5. The lowest BCUT2D eigenvalue weighted by atomic mass is 9.35. The summed E-state index contributed by atoms with van der Waals surface area (Å²) in [6.07, 6.45) is -41.5. The second kappa shape index (κ2) is 29.7. The van der Waals surface area contributed by atoms with E-state index in [-0.39, 0.29) is 29.1 Å². The molecule has 6 heterocycles. The van der Waals surface area contributed by atoms with E-state index in [4.69, 9.17) is 56.8 Å². The van der Waals surface area contributed by atoms with Crippen molar-refractivity contribution in [2.45, 2.75) is 303 Å². The van der Waals surface area contributed by atoms with Gasteiger partial charge in [0.15, 0.2) is 37.7 Å².